The van der Waals surface area contributed by atoms with E-state index in [-0.39, 0.29) is 17.9 Å². The van der Waals surface area contributed by atoms with E-state index >= 15 is 0 Å². The molecule has 0 unspecified atom stereocenters. The summed E-state index contributed by atoms with van der Waals surface area (Å²) >= 11 is 0. The second-order valence-corrected chi connectivity index (χ2v) is 5.22. The second-order valence-electron chi connectivity index (χ2n) is 5.22. The summed E-state index contributed by atoms with van der Waals surface area (Å²) in [6, 6.07) is 20.2. The van der Waals surface area contributed by atoms with Crippen LogP contribution in [0.15, 0.2) is 60.7 Å². The normalized spacial score (nSPS) is 13.5. The molecule has 2 atom stereocenters. The fourth-order valence-corrected chi connectivity index (χ4v) is 2.30. The molecule has 2 rings (SSSR count). The maximum Gasteiger partial charge on any atom is 0.221 e. The van der Waals surface area contributed by atoms with E-state index in [4.69, 9.17) is 0 Å². The maximum atomic E-state index is 12.1. The van der Waals surface area contributed by atoms with Crippen molar-refractivity contribution in [3.63, 3.8) is 0 Å². The zero-order valence-electron chi connectivity index (χ0n) is 12.0. The van der Waals surface area contributed by atoms with Crippen LogP contribution in [0, 0.1) is 0 Å². The number of nitrogens with one attached hydrogen (secondary N) is 1. The standard InChI is InChI=1S/C18H21NO/c1-14(16-9-5-3-6-10-16)13-18(20)19-15(2)17-11-7-4-8-12-17/h3-12,14-15H,13H2,1-2H3,(H,19,20)/t14-,15+/m1/s1. The summed E-state index contributed by atoms with van der Waals surface area (Å²) in [5.41, 5.74) is 2.34. The van der Waals surface area contributed by atoms with Gasteiger partial charge in [0.1, 0.15) is 0 Å². The first-order valence-corrected chi connectivity index (χ1v) is 7.06. The molecule has 0 saturated carbocycles. The third-order valence-electron chi connectivity index (χ3n) is 3.54. The Morgan fingerprint density at radius 3 is 1.95 bits per heavy atom. The van der Waals surface area contributed by atoms with Crippen LogP contribution in [-0.4, -0.2) is 5.91 Å². The molecule has 1 N–H and O–H groups in total. The van der Waals surface area contributed by atoms with E-state index in [1.807, 2.05) is 55.5 Å². The average Bonchev–Trinajstić information content (AvgIpc) is 2.49. The number of carbonyl (C=O) groups excluding carboxylic acids is 1. The van der Waals surface area contributed by atoms with Crippen molar-refractivity contribution < 1.29 is 4.79 Å². The van der Waals surface area contributed by atoms with Gasteiger partial charge in [0.05, 0.1) is 6.04 Å². The molecule has 2 aromatic rings. The molecule has 2 aromatic carbocycles. The monoisotopic (exact) mass is 267 g/mol. The van der Waals surface area contributed by atoms with E-state index in [1.165, 1.54) is 5.56 Å². The Morgan fingerprint density at radius 2 is 1.40 bits per heavy atom. The molecule has 0 saturated heterocycles. The Bertz CT molecular complexity index is 486. The highest BCUT2D eigenvalue weighted by Crippen LogP contribution is 2.19. The maximum absolute atomic E-state index is 12.1. The van der Waals surface area contributed by atoms with Gasteiger partial charge in [0.25, 0.3) is 0 Å². The lowest BCUT2D eigenvalue weighted by molar-refractivity contribution is -0.122. The van der Waals surface area contributed by atoms with E-state index in [1.54, 1.807) is 0 Å². The Kier molecular flexibility index (Phi) is 4.94. The topological polar surface area (TPSA) is 29.1 Å². The quantitative estimate of drug-likeness (QED) is 0.869. The number of rotatable bonds is 5. The number of hydrogen-bond acceptors (Lipinski definition) is 1. The summed E-state index contributed by atoms with van der Waals surface area (Å²) in [7, 11) is 0. The fraction of sp³-hybridized carbons (Fsp3) is 0.278. The van der Waals surface area contributed by atoms with E-state index in [0.717, 1.165) is 5.56 Å². The van der Waals surface area contributed by atoms with Gasteiger partial charge >= 0.3 is 0 Å². The first-order chi connectivity index (χ1) is 9.66. The highest BCUT2D eigenvalue weighted by atomic mass is 16.1. The van der Waals surface area contributed by atoms with Gasteiger partial charge in [-0.15, -0.1) is 0 Å². The fourth-order valence-electron chi connectivity index (χ4n) is 2.30. The zero-order valence-corrected chi connectivity index (χ0v) is 12.0. The van der Waals surface area contributed by atoms with Gasteiger partial charge < -0.3 is 5.32 Å². The van der Waals surface area contributed by atoms with Crippen LogP contribution in [0.25, 0.3) is 0 Å². The van der Waals surface area contributed by atoms with Crippen molar-refractivity contribution in [3.05, 3.63) is 71.8 Å². The Labute approximate surface area is 120 Å². The van der Waals surface area contributed by atoms with Gasteiger partial charge in [-0.05, 0) is 24.0 Å². The van der Waals surface area contributed by atoms with Crippen LogP contribution < -0.4 is 5.32 Å². The third kappa shape index (κ3) is 3.95. The molecule has 0 bridgehead atoms. The Hall–Kier alpha value is -2.09. The third-order valence-corrected chi connectivity index (χ3v) is 3.54. The van der Waals surface area contributed by atoms with Crippen LogP contribution in [0.2, 0.25) is 0 Å². The predicted molar refractivity (Wildman–Crippen MR) is 82.5 cm³/mol. The number of benzene rings is 2. The van der Waals surface area contributed by atoms with E-state index in [9.17, 15) is 4.79 Å². The van der Waals surface area contributed by atoms with Gasteiger partial charge in [-0.3, -0.25) is 4.79 Å². The van der Waals surface area contributed by atoms with Crippen molar-refractivity contribution in [3.8, 4) is 0 Å². The minimum Gasteiger partial charge on any atom is -0.350 e. The summed E-state index contributed by atoms with van der Waals surface area (Å²) < 4.78 is 0. The van der Waals surface area contributed by atoms with E-state index in [0.29, 0.717) is 6.42 Å². The first-order valence-electron chi connectivity index (χ1n) is 7.06. The molecule has 0 heterocycles. The second kappa shape index (κ2) is 6.90. The molecule has 20 heavy (non-hydrogen) atoms. The lowest BCUT2D eigenvalue weighted by Crippen LogP contribution is -2.27. The van der Waals surface area contributed by atoms with Gasteiger partial charge in [-0.2, -0.15) is 0 Å². The minimum atomic E-state index is 0.0478. The molecule has 0 aliphatic carbocycles. The van der Waals surface area contributed by atoms with Crippen molar-refractivity contribution >= 4 is 5.91 Å². The van der Waals surface area contributed by atoms with Crippen molar-refractivity contribution in [1.29, 1.82) is 0 Å². The van der Waals surface area contributed by atoms with E-state index < -0.39 is 0 Å². The number of hydrogen-bond donors (Lipinski definition) is 1. The predicted octanol–water partition coefficient (Wildman–Crippen LogP) is 4.06. The zero-order chi connectivity index (χ0) is 14.4. The van der Waals surface area contributed by atoms with Crippen LogP contribution in [0.3, 0.4) is 0 Å². The van der Waals surface area contributed by atoms with Crippen LogP contribution in [0.5, 0.6) is 0 Å². The van der Waals surface area contributed by atoms with Crippen LogP contribution in [0.4, 0.5) is 0 Å². The van der Waals surface area contributed by atoms with Gasteiger partial charge in [0.2, 0.25) is 5.91 Å². The van der Waals surface area contributed by atoms with Crippen LogP contribution in [0.1, 0.15) is 43.4 Å². The van der Waals surface area contributed by atoms with Crippen molar-refractivity contribution in [2.24, 2.45) is 0 Å². The lowest BCUT2D eigenvalue weighted by atomic mass is 9.97. The van der Waals surface area contributed by atoms with Crippen molar-refractivity contribution in [2.45, 2.75) is 32.2 Å². The Morgan fingerprint density at radius 1 is 0.900 bits per heavy atom. The number of amides is 1. The molecule has 1 amide bonds. The molecule has 0 fully saturated rings. The lowest BCUT2D eigenvalue weighted by Gasteiger charge is -2.17. The molecular formula is C18H21NO. The molecule has 0 radical (unpaired) electrons. The van der Waals surface area contributed by atoms with Crippen LogP contribution in [-0.2, 0) is 4.79 Å². The Balaban J connectivity index is 1.90. The summed E-state index contributed by atoms with van der Waals surface area (Å²) in [5, 5.41) is 3.06. The SMILES string of the molecule is C[C@H](CC(=O)N[C@@H](C)c1ccccc1)c1ccccc1. The first kappa shape index (κ1) is 14.3. The molecule has 0 aliphatic heterocycles. The summed E-state index contributed by atoms with van der Waals surface area (Å²) in [5.74, 6) is 0.330. The van der Waals surface area contributed by atoms with Gasteiger partial charge in [0, 0.05) is 6.42 Å². The van der Waals surface area contributed by atoms with Crippen LogP contribution >= 0.6 is 0 Å². The van der Waals surface area contributed by atoms with Crippen molar-refractivity contribution in [2.75, 3.05) is 0 Å². The molecule has 0 aliphatic rings. The highest BCUT2D eigenvalue weighted by Gasteiger charge is 2.13. The molecular weight excluding hydrogens is 246 g/mol. The highest BCUT2D eigenvalue weighted by molar-refractivity contribution is 5.77. The smallest absolute Gasteiger partial charge is 0.221 e. The largest absolute Gasteiger partial charge is 0.350 e. The molecule has 0 spiro atoms. The number of carbonyl (C=O) groups is 1. The van der Waals surface area contributed by atoms with Crippen molar-refractivity contribution in [1.82, 2.24) is 5.32 Å². The summed E-state index contributed by atoms with van der Waals surface area (Å²) in [6.45, 7) is 4.10. The molecule has 2 nitrogen and oxygen atoms in total. The van der Waals surface area contributed by atoms with Gasteiger partial charge in [-0.25, -0.2) is 0 Å². The molecule has 104 valence electrons. The minimum absolute atomic E-state index is 0.0478. The summed E-state index contributed by atoms with van der Waals surface area (Å²) in [4.78, 5) is 12.1. The van der Waals surface area contributed by atoms with Gasteiger partial charge in [-0.1, -0.05) is 67.6 Å². The van der Waals surface area contributed by atoms with E-state index in [2.05, 4.69) is 24.4 Å². The molecule has 2 heteroatoms. The average molecular weight is 267 g/mol. The molecule has 0 aromatic heterocycles. The summed E-state index contributed by atoms with van der Waals surface area (Å²) in [6.07, 6.45) is 0.515. The van der Waals surface area contributed by atoms with Gasteiger partial charge in [0.15, 0.2) is 0 Å².